The number of ether oxygens (including phenoxy) is 1. The Morgan fingerprint density at radius 3 is 1.94 bits per heavy atom. The maximum absolute atomic E-state index is 9.67. The molecule has 6 atom stereocenters. The Morgan fingerprint density at radius 1 is 1.00 bits per heavy atom. The van der Waals surface area contributed by atoms with E-state index in [1.165, 1.54) is 0 Å². The molecule has 96 valence electrons. The van der Waals surface area contributed by atoms with Crippen molar-refractivity contribution in [2.24, 2.45) is 5.92 Å². The van der Waals surface area contributed by atoms with Crippen molar-refractivity contribution in [2.45, 2.75) is 50.5 Å². The minimum Gasteiger partial charge on any atom is -0.394 e. The molecule has 0 amide bonds. The molecule has 0 aromatic rings. The van der Waals surface area contributed by atoms with Gasteiger partial charge in [0.15, 0.2) is 0 Å². The molecule has 16 heavy (non-hydrogen) atoms. The summed E-state index contributed by atoms with van der Waals surface area (Å²) in [5.74, 6) is -0.0782. The molecule has 0 spiro atoms. The second-order valence-electron chi connectivity index (χ2n) is 4.53. The van der Waals surface area contributed by atoms with Gasteiger partial charge in [0.2, 0.25) is 0 Å². The summed E-state index contributed by atoms with van der Waals surface area (Å²) in [6, 6.07) is 0. The highest BCUT2D eigenvalue weighted by atomic mass is 16.5. The van der Waals surface area contributed by atoms with Crippen LogP contribution in [0.4, 0.5) is 0 Å². The van der Waals surface area contributed by atoms with E-state index in [4.69, 9.17) is 9.84 Å². The Labute approximate surface area is 94.1 Å². The number of aliphatic hydroxyl groups is 5. The summed E-state index contributed by atoms with van der Waals surface area (Å²) >= 11 is 0. The first-order valence-electron chi connectivity index (χ1n) is 5.38. The smallest absolute Gasteiger partial charge is 0.115 e. The van der Waals surface area contributed by atoms with Gasteiger partial charge in [-0.15, -0.1) is 0 Å². The van der Waals surface area contributed by atoms with E-state index in [1.807, 2.05) is 0 Å². The van der Waals surface area contributed by atoms with E-state index in [9.17, 15) is 20.4 Å². The zero-order valence-corrected chi connectivity index (χ0v) is 9.39. The second kappa shape index (κ2) is 5.39. The summed E-state index contributed by atoms with van der Waals surface area (Å²) in [6.07, 6.45) is -7.03. The van der Waals surface area contributed by atoms with Crippen LogP contribution in [0.15, 0.2) is 0 Å². The normalized spacial score (nSPS) is 42.4. The Morgan fingerprint density at radius 2 is 1.50 bits per heavy atom. The molecule has 1 aliphatic rings. The van der Waals surface area contributed by atoms with Crippen molar-refractivity contribution in [3.63, 3.8) is 0 Å². The zero-order chi connectivity index (χ0) is 12.5. The van der Waals surface area contributed by atoms with E-state index in [0.29, 0.717) is 0 Å². The minimum atomic E-state index is -1.41. The van der Waals surface area contributed by atoms with Crippen LogP contribution < -0.4 is 0 Å². The summed E-state index contributed by atoms with van der Waals surface area (Å²) in [7, 11) is 0. The molecule has 0 saturated carbocycles. The maximum Gasteiger partial charge on any atom is 0.115 e. The lowest BCUT2D eigenvalue weighted by Crippen LogP contribution is -2.62. The Balaban J connectivity index is 2.81. The highest BCUT2D eigenvalue weighted by molar-refractivity contribution is 4.95. The predicted octanol–water partition coefficient (Wildman–Crippen LogP) is -2.15. The first kappa shape index (κ1) is 13.8. The van der Waals surface area contributed by atoms with Gasteiger partial charge in [-0.3, -0.25) is 0 Å². The van der Waals surface area contributed by atoms with Crippen molar-refractivity contribution in [1.29, 1.82) is 0 Å². The third-order valence-corrected chi connectivity index (χ3v) is 2.91. The molecule has 0 aromatic carbocycles. The molecule has 1 heterocycles. The third kappa shape index (κ3) is 2.53. The average molecular weight is 236 g/mol. The molecule has 1 aliphatic heterocycles. The Kier molecular flexibility index (Phi) is 4.66. The van der Waals surface area contributed by atoms with E-state index in [-0.39, 0.29) is 5.92 Å². The molecule has 1 saturated heterocycles. The fraction of sp³-hybridized carbons (Fsp3) is 1.00. The molecular formula is C10H20O6. The van der Waals surface area contributed by atoms with Crippen LogP contribution in [-0.2, 0) is 4.74 Å². The maximum atomic E-state index is 9.67. The van der Waals surface area contributed by atoms with Crippen molar-refractivity contribution in [3.05, 3.63) is 0 Å². The van der Waals surface area contributed by atoms with Crippen LogP contribution in [0.3, 0.4) is 0 Å². The van der Waals surface area contributed by atoms with Gasteiger partial charge in [-0.2, -0.15) is 0 Å². The number of rotatable bonds is 3. The number of aliphatic hydroxyl groups excluding tert-OH is 5. The van der Waals surface area contributed by atoms with Crippen LogP contribution in [-0.4, -0.2) is 68.8 Å². The predicted molar refractivity (Wildman–Crippen MR) is 54.6 cm³/mol. The fourth-order valence-corrected chi connectivity index (χ4v) is 1.91. The van der Waals surface area contributed by atoms with Crippen molar-refractivity contribution < 1.29 is 30.3 Å². The number of hydrogen-bond acceptors (Lipinski definition) is 6. The molecule has 6 heteroatoms. The van der Waals surface area contributed by atoms with Crippen molar-refractivity contribution in [2.75, 3.05) is 6.61 Å². The summed E-state index contributed by atoms with van der Waals surface area (Å²) < 4.78 is 5.33. The summed E-state index contributed by atoms with van der Waals surface area (Å²) in [6.45, 7) is 3.01. The monoisotopic (exact) mass is 236 g/mol. The lowest BCUT2D eigenvalue weighted by molar-refractivity contribution is -0.254. The first-order chi connectivity index (χ1) is 7.40. The molecule has 5 N–H and O–H groups in total. The fourth-order valence-electron chi connectivity index (χ4n) is 1.91. The molecule has 1 fully saturated rings. The van der Waals surface area contributed by atoms with Gasteiger partial charge in [0.25, 0.3) is 0 Å². The number of hydrogen-bond donors (Lipinski definition) is 5. The van der Waals surface area contributed by atoms with E-state index in [2.05, 4.69) is 0 Å². The van der Waals surface area contributed by atoms with E-state index < -0.39 is 43.2 Å². The van der Waals surface area contributed by atoms with Crippen LogP contribution in [0.25, 0.3) is 0 Å². The molecule has 0 radical (unpaired) electrons. The largest absolute Gasteiger partial charge is 0.394 e. The molecule has 5 unspecified atom stereocenters. The van der Waals surface area contributed by atoms with E-state index in [0.717, 1.165) is 0 Å². The molecular weight excluding hydrogens is 216 g/mol. The average Bonchev–Trinajstić information content (AvgIpc) is 2.25. The van der Waals surface area contributed by atoms with Crippen molar-refractivity contribution >= 4 is 0 Å². The Hall–Kier alpha value is -0.240. The summed E-state index contributed by atoms with van der Waals surface area (Å²) in [4.78, 5) is 0. The summed E-state index contributed by atoms with van der Waals surface area (Å²) in [5, 5.41) is 47.1. The van der Waals surface area contributed by atoms with Gasteiger partial charge < -0.3 is 30.3 Å². The van der Waals surface area contributed by atoms with Crippen LogP contribution in [0.1, 0.15) is 13.8 Å². The van der Waals surface area contributed by atoms with Crippen LogP contribution in [0.5, 0.6) is 0 Å². The first-order valence-corrected chi connectivity index (χ1v) is 5.38. The third-order valence-electron chi connectivity index (χ3n) is 2.91. The van der Waals surface area contributed by atoms with Gasteiger partial charge in [0.05, 0.1) is 12.7 Å². The minimum absolute atomic E-state index is 0.0782. The molecule has 0 bridgehead atoms. The highest BCUT2D eigenvalue weighted by Gasteiger charge is 2.46. The SMILES string of the molecule is CC(C)C1OC([C@@H](O)CO)C(O)C(O)C1O. The molecule has 0 aromatic heterocycles. The molecule has 6 nitrogen and oxygen atoms in total. The van der Waals surface area contributed by atoms with Crippen molar-refractivity contribution in [3.8, 4) is 0 Å². The van der Waals surface area contributed by atoms with Crippen LogP contribution >= 0.6 is 0 Å². The van der Waals surface area contributed by atoms with Gasteiger partial charge in [-0.05, 0) is 5.92 Å². The zero-order valence-electron chi connectivity index (χ0n) is 9.39. The van der Waals surface area contributed by atoms with Gasteiger partial charge in [-0.25, -0.2) is 0 Å². The topological polar surface area (TPSA) is 110 Å². The lowest BCUT2D eigenvalue weighted by Gasteiger charge is -2.43. The van der Waals surface area contributed by atoms with Crippen molar-refractivity contribution in [1.82, 2.24) is 0 Å². The highest BCUT2D eigenvalue weighted by Crippen LogP contribution is 2.27. The van der Waals surface area contributed by atoms with Gasteiger partial charge in [0.1, 0.15) is 30.5 Å². The quantitative estimate of drug-likeness (QED) is 0.382. The van der Waals surface area contributed by atoms with Gasteiger partial charge in [-0.1, -0.05) is 13.8 Å². The van der Waals surface area contributed by atoms with E-state index >= 15 is 0 Å². The standard InChI is InChI=1S/C10H20O6/c1-4(2)9-7(14)6(13)8(15)10(16-9)5(12)3-11/h4-15H,3H2,1-2H3/t5-,6?,7?,8?,9?,10?/m0/s1. The summed E-state index contributed by atoms with van der Waals surface area (Å²) in [5.41, 5.74) is 0. The van der Waals surface area contributed by atoms with E-state index in [1.54, 1.807) is 13.8 Å². The molecule has 0 aliphatic carbocycles. The van der Waals surface area contributed by atoms with Gasteiger partial charge in [0, 0.05) is 0 Å². The Bertz CT molecular complexity index is 221. The molecule has 1 rings (SSSR count). The van der Waals surface area contributed by atoms with Gasteiger partial charge >= 0.3 is 0 Å². The van der Waals surface area contributed by atoms with Crippen LogP contribution in [0, 0.1) is 5.92 Å². The van der Waals surface area contributed by atoms with Crippen LogP contribution in [0.2, 0.25) is 0 Å². The lowest BCUT2D eigenvalue weighted by atomic mass is 9.88. The second-order valence-corrected chi connectivity index (χ2v) is 4.53.